The first kappa shape index (κ1) is 15.8. The average Bonchev–Trinajstić information content (AvgIpc) is 3.04. The van der Waals surface area contributed by atoms with Crippen LogP contribution in [0.2, 0.25) is 0 Å². The number of aromatic nitrogens is 3. The van der Waals surface area contributed by atoms with Gasteiger partial charge in [0.05, 0.1) is 5.56 Å². The fraction of sp³-hybridized carbons (Fsp3) is 0. The summed E-state index contributed by atoms with van der Waals surface area (Å²) in [5, 5.41) is 16.3. The predicted octanol–water partition coefficient (Wildman–Crippen LogP) is 3.98. The van der Waals surface area contributed by atoms with Crippen LogP contribution in [0.25, 0.3) is 16.8 Å². The minimum absolute atomic E-state index is 0.201. The molecule has 4 rings (SSSR count). The van der Waals surface area contributed by atoms with E-state index >= 15 is 0 Å². The molecule has 0 saturated carbocycles. The van der Waals surface area contributed by atoms with Crippen molar-refractivity contribution >= 4 is 23.3 Å². The smallest absolute Gasteiger partial charge is 0.335 e. The Morgan fingerprint density at radius 1 is 1.08 bits per heavy atom. The Labute approximate surface area is 147 Å². The van der Waals surface area contributed by atoms with Crippen LogP contribution in [0.4, 0.5) is 16.0 Å². The van der Waals surface area contributed by atoms with E-state index in [4.69, 9.17) is 5.11 Å². The first-order valence-electron chi connectivity index (χ1n) is 7.82. The molecule has 0 aliphatic carbocycles. The van der Waals surface area contributed by atoms with Gasteiger partial charge >= 0.3 is 5.97 Å². The largest absolute Gasteiger partial charge is 0.478 e. The van der Waals surface area contributed by atoms with E-state index in [-0.39, 0.29) is 11.4 Å². The second kappa shape index (κ2) is 6.29. The first-order chi connectivity index (χ1) is 12.6. The molecule has 0 amide bonds. The maximum absolute atomic E-state index is 13.5. The summed E-state index contributed by atoms with van der Waals surface area (Å²) in [5.41, 5.74) is 2.92. The zero-order chi connectivity index (χ0) is 18.1. The maximum Gasteiger partial charge on any atom is 0.335 e. The van der Waals surface area contributed by atoms with Crippen LogP contribution in [0.1, 0.15) is 10.4 Å². The monoisotopic (exact) mass is 348 g/mol. The van der Waals surface area contributed by atoms with E-state index < -0.39 is 5.97 Å². The molecule has 0 radical (unpaired) electrons. The van der Waals surface area contributed by atoms with E-state index in [0.717, 1.165) is 5.56 Å². The third-order valence-electron chi connectivity index (χ3n) is 3.89. The zero-order valence-corrected chi connectivity index (χ0v) is 13.4. The number of carboxylic acid groups (broad SMARTS) is 1. The third-order valence-corrected chi connectivity index (χ3v) is 3.89. The normalized spacial score (nSPS) is 10.8. The van der Waals surface area contributed by atoms with Crippen LogP contribution in [-0.4, -0.2) is 25.7 Å². The number of anilines is 2. The lowest BCUT2D eigenvalue weighted by atomic mass is 10.1. The number of carboxylic acids is 1. The van der Waals surface area contributed by atoms with Gasteiger partial charge in [0.15, 0.2) is 5.65 Å². The van der Waals surface area contributed by atoms with Crippen LogP contribution in [0.5, 0.6) is 0 Å². The molecule has 2 heterocycles. The van der Waals surface area contributed by atoms with Crippen molar-refractivity contribution in [3.8, 4) is 11.1 Å². The molecule has 0 spiro atoms. The van der Waals surface area contributed by atoms with Gasteiger partial charge in [0.25, 0.3) is 0 Å². The molecule has 0 aliphatic heterocycles. The first-order valence-corrected chi connectivity index (χ1v) is 7.82. The van der Waals surface area contributed by atoms with Crippen LogP contribution in [-0.2, 0) is 0 Å². The molecule has 7 heteroatoms. The lowest BCUT2D eigenvalue weighted by molar-refractivity contribution is 0.0697. The molecular formula is C19H13FN4O2. The highest BCUT2D eigenvalue weighted by Gasteiger charge is 2.11. The van der Waals surface area contributed by atoms with Gasteiger partial charge in [0.2, 0.25) is 5.95 Å². The third kappa shape index (κ3) is 2.98. The van der Waals surface area contributed by atoms with E-state index in [2.05, 4.69) is 15.4 Å². The molecule has 26 heavy (non-hydrogen) atoms. The summed E-state index contributed by atoms with van der Waals surface area (Å²) in [4.78, 5) is 15.4. The molecule has 2 aromatic carbocycles. The molecule has 0 unspecified atom stereocenters. The van der Waals surface area contributed by atoms with Crippen LogP contribution < -0.4 is 5.32 Å². The fourth-order valence-corrected chi connectivity index (χ4v) is 2.67. The highest BCUT2D eigenvalue weighted by atomic mass is 19.1. The predicted molar refractivity (Wildman–Crippen MR) is 95.1 cm³/mol. The quantitative estimate of drug-likeness (QED) is 0.583. The SMILES string of the molecule is O=C(O)c1ccc(Nc2nc3c(-c4cccc(F)c4)cccn3n2)cc1. The number of hydrogen-bond donors (Lipinski definition) is 2. The van der Waals surface area contributed by atoms with E-state index in [1.807, 2.05) is 18.2 Å². The molecule has 128 valence electrons. The van der Waals surface area contributed by atoms with Crippen LogP contribution in [0, 0.1) is 5.82 Å². The summed E-state index contributed by atoms with van der Waals surface area (Å²) in [6, 6.07) is 16.2. The van der Waals surface area contributed by atoms with Crippen molar-refractivity contribution in [2.45, 2.75) is 0 Å². The molecule has 0 saturated heterocycles. The van der Waals surface area contributed by atoms with E-state index in [9.17, 15) is 9.18 Å². The Morgan fingerprint density at radius 2 is 1.88 bits per heavy atom. The van der Waals surface area contributed by atoms with Gasteiger partial charge in [-0.2, -0.15) is 4.98 Å². The molecular weight excluding hydrogens is 335 g/mol. The topological polar surface area (TPSA) is 79.5 Å². The molecule has 0 bridgehead atoms. The number of pyridine rings is 1. The van der Waals surface area contributed by atoms with Gasteiger partial charge in [-0.05, 0) is 54.1 Å². The van der Waals surface area contributed by atoms with Crippen molar-refractivity contribution in [2.24, 2.45) is 0 Å². The number of carbonyl (C=O) groups is 1. The molecule has 0 atom stereocenters. The second-order valence-corrected chi connectivity index (χ2v) is 5.64. The number of benzene rings is 2. The Hall–Kier alpha value is -3.74. The lowest BCUT2D eigenvalue weighted by Gasteiger charge is -2.02. The summed E-state index contributed by atoms with van der Waals surface area (Å²) in [6.07, 6.45) is 1.75. The van der Waals surface area contributed by atoms with Crippen LogP contribution in [0.15, 0.2) is 66.9 Å². The van der Waals surface area contributed by atoms with Gasteiger partial charge in [0, 0.05) is 17.4 Å². The van der Waals surface area contributed by atoms with Crippen LogP contribution in [0.3, 0.4) is 0 Å². The fourth-order valence-electron chi connectivity index (χ4n) is 2.67. The number of nitrogens with one attached hydrogen (secondary N) is 1. The van der Waals surface area contributed by atoms with Crippen molar-refractivity contribution in [3.05, 3.63) is 78.2 Å². The van der Waals surface area contributed by atoms with E-state index in [1.54, 1.807) is 28.9 Å². The molecule has 6 nitrogen and oxygen atoms in total. The summed E-state index contributed by atoms with van der Waals surface area (Å²) in [5.74, 6) is -0.944. The molecule has 2 aromatic heterocycles. The summed E-state index contributed by atoms with van der Waals surface area (Å²) in [6.45, 7) is 0. The highest BCUT2D eigenvalue weighted by molar-refractivity contribution is 5.88. The maximum atomic E-state index is 13.5. The Kier molecular flexibility index (Phi) is 3.81. The van der Waals surface area contributed by atoms with Gasteiger partial charge in [-0.25, -0.2) is 13.7 Å². The van der Waals surface area contributed by atoms with Gasteiger partial charge < -0.3 is 10.4 Å². The van der Waals surface area contributed by atoms with Gasteiger partial charge in [-0.1, -0.05) is 12.1 Å². The summed E-state index contributed by atoms with van der Waals surface area (Å²) >= 11 is 0. The van der Waals surface area contributed by atoms with Crippen LogP contribution >= 0.6 is 0 Å². The Bertz CT molecular complexity index is 1110. The molecule has 0 aliphatic rings. The number of nitrogens with zero attached hydrogens (tertiary/aromatic N) is 3. The number of aromatic carboxylic acids is 1. The zero-order valence-electron chi connectivity index (χ0n) is 13.4. The standard InChI is InChI=1S/C19H13FN4O2/c20-14-4-1-3-13(11-14)16-5-2-10-24-17(16)22-19(23-24)21-15-8-6-12(7-9-15)18(25)26/h1-11H,(H,21,23)(H,25,26). The second-order valence-electron chi connectivity index (χ2n) is 5.64. The Morgan fingerprint density at radius 3 is 2.62 bits per heavy atom. The highest BCUT2D eigenvalue weighted by Crippen LogP contribution is 2.25. The van der Waals surface area contributed by atoms with Crippen molar-refractivity contribution in [1.29, 1.82) is 0 Å². The molecule has 4 aromatic rings. The molecule has 2 N–H and O–H groups in total. The van der Waals surface area contributed by atoms with Gasteiger partial charge in [-0.3, -0.25) is 0 Å². The van der Waals surface area contributed by atoms with Crippen molar-refractivity contribution < 1.29 is 14.3 Å². The van der Waals surface area contributed by atoms with Gasteiger partial charge in [-0.15, -0.1) is 5.10 Å². The number of rotatable bonds is 4. The van der Waals surface area contributed by atoms with E-state index in [1.165, 1.54) is 24.3 Å². The van der Waals surface area contributed by atoms with Gasteiger partial charge in [0.1, 0.15) is 5.82 Å². The number of halogens is 1. The summed E-state index contributed by atoms with van der Waals surface area (Å²) < 4.78 is 15.1. The van der Waals surface area contributed by atoms with Crippen molar-refractivity contribution in [3.63, 3.8) is 0 Å². The number of fused-ring (bicyclic) bond motifs is 1. The Balaban J connectivity index is 1.69. The average molecular weight is 348 g/mol. The lowest BCUT2D eigenvalue weighted by Crippen LogP contribution is -1.97. The minimum Gasteiger partial charge on any atom is -0.478 e. The molecule has 0 fully saturated rings. The minimum atomic E-state index is -0.984. The van der Waals surface area contributed by atoms with E-state index in [0.29, 0.717) is 22.8 Å². The number of hydrogen-bond acceptors (Lipinski definition) is 4. The summed E-state index contributed by atoms with van der Waals surface area (Å²) in [7, 11) is 0. The van der Waals surface area contributed by atoms with Crippen molar-refractivity contribution in [1.82, 2.24) is 14.6 Å². The van der Waals surface area contributed by atoms with Crippen molar-refractivity contribution in [2.75, 3.05) is 5.32 Å².